The smallest absolute Gasteiger partial charge is 0.387 e. The second-order valence-electron chi connectivity index (χ2n) is 5.63. The second-order valence-corrected chi connectivity index (χ2v) is 5.63. The molecular formula is C19H14F2N2O6. The van der Waals surface area contributed by atoms with E-state index in [0.717, 1.165) is 0 Å². The topological polar surface area (TPSA) is 100 Å². The van der Waals surface area contributed by atoms with Crippen LogP contribution in [0.25, 0.3) is 6.08 Å². The Kier molecular flexibility index (Phi) is 5.82. The highest BCUT2D eigenvalue weighted by Gasteiger charge is 2.26. The number of aliphatic imine (C=N–C) groups is 1. The van der Waals surface area contributed by atoms with Gasteiger partial charge in [-0.25, -0.2) is 9.79 Å². The van der Waals surface area contributed by atoms with Gasteiger partial charge in [-0.3, -0.25) is 10.1 Å². The summed E-state index contributed by atoms with van der Waals surface area (Å²) in [5.74, 6) is -1.14. The zero-order valence-corrected chi connectivity index (χ0v) is 15.0. The maximum atomic E-state index is 12.8. The van der Waals surface area contributed by atoms with Crippen LogP contribution in [0.1, 0.15) is 18.1 Å². The van der Waals surface area contributed by atoms with Gasteiger partial charge in [-0.2, -0.15) is 8.78 Å². The van der Waals surface area contributed by atoms with Crippen LogP contribution >= 0.6 is 0 Å². The second kappa shape index (κ2) is 8.46. The lowest BCUT2D eigenvalue weighted by Gasteiger charge is -2.13. The quantitative estimate of drug-likeness (QED) is 0.300. The molecule has 0 spiro atoms. The van der Waals surface area contributed by atoms with E-state index in [1.165, 1.54) is 42.5 Å². The number of rotatable bonds is 7. The summed E-state index contributed by atoms with van der Waals surface area (Å²) >= 11 is 0. The van der Waals surface area contributed by atoms with Crippen LogP contribution in [0.5, 0.6) is 11.5 Å². The van der Waals surface area contributed by atoms with Crippen LogP contribution in [0, 0.1) is 10.1 Å². The highest BCUT2D eigenvalue weighted by atomic mass is 19.3. The summed E-state index contributed by atoms with van der Waals surface area (Å²) in [6.07, 6.45) is 1.22. The Morgan fingerprint density at radius 2 is 2.03 bits per heavy atom. The number of cyclic esters (lactones) is 1. The van der Waals surface area contributed by atoms with Crippen molar-refractivity contribution in [1.82, 2.24) is 0 Å². The normalized spacial score (nSPS) is 14.7. The molecule has 29 heavy (non-hydrogen) atoms. The number of non-ortho nitro benzene ring substituents is 1. The number of nitro groups is 1. The fourth-order valence-corrected chi connectivity index (χ4v) is 2.56. The fraction of sp³-hybridized carbons (Fsp3) is 0.158. The lowest BCUT2D eigenvalue weighted by Crippen LogP contribution is -2.07. The van der Waals surface area contributed by atoms with Crippen molar-refractivity contribution in [3.63, 3.8) is 0 Å². The molecule has 0 aliphatic carbocycles. The first kappa shape index (κ1) is 19.9. The van der Waals surface area contributed by atoms with Crippen LogP contribution in [0.15, 0.2) is 53.2 Å². The standard InChI is InChI=1S/C19H14F2N2O6/c1-2-27-15-8-4-5-11(16(15)28-19(20)21)10-14-18(24)29-17(22-14)12-6-3-7-13(9-12)23(25)26/h3-10,19H,2H2,1H3/b14-10-. The number of para-hydroxylation sites is 1. The maximum Gasteiger partial charge on any atom is 0.387 e. The van der Waals surface area contributed by atoms with Gasteiger partial charge in [-0.15, -0.1) is 0 Å². The molecule has 0 saturated heterocycles. The largest absolute Gasteiger partial charge is 0.490 e. The summed E-state index contributed by atoms with van der Waals surface area (Å²) in [5, 5.41) is 10.9. The number of nitrogens with zero attached hydrogens (tertiary/aromatic N) is 2. The first-order chi connectivity index (χ1) is 13.9. The van der Waals surface area contributed by atoms with Crippen molar-refractivity contribution >= 4 is 23.6 Å². The zero-order valence-electron chi connectivity index (χ0n) is 15.0. The van der Waals surface area contributed by atoms with Crippen molar-refractivity contribution in [3.8, 4) is 11.5 Å². The number of ether oxygens (including phenoxy) is 3. The van der Waals surface area contributed by atoms with Crippen molar-refractivity contribution in [1.29, 1.82) is 0 Å². The predicted molar refractivity (Wildman–Crippen MR) is 97.9 cm³/mol. The third kappa shape index (κ3) is 4.54. The van der Waals surface area contributed by atoms with Gasteiger partial charge in [0.25, 0.3) is 5.69 Å². The molecule has 0 amide bonds. The van der Waals surface area contributed by atoms with Crippen LogP contribution in [0.4, 0.5) is 14.5 Å². The molecule has 1 aliphatic rings. The summed E-state index contributed by atoms with van der Waals surface area (Å²) in [7, 11) is 0. The SMILES string of the molecule is CCOc1cccc(/C=C2\N=C(c3cccc([N+](=O)[O-])c3)OC2=O)c1OC(F)F. The molecule has 0 unspecified atom stereocenters. The summed E-state index contributed by atoms with van der Waals surface area (Å²) in [6.45, 7) is -1.20. The van der Waals surface area contributed by atoms with Gasteiger partial charge in [0.2, 0.25) is 5.90 Å². The Bertz CT molecular complexity index is 1020. The minimum Gasteiger partial charge on any atom is -0.490 e. The molecule has 0 atom stereocenters. The van der Waals surface area contributed by atoms with Gasteiger partial charge >= 0.3 is 12.6 Å². The molecule has 0 fully saturated rings. The van der Waals surface area contributed by atoms with Crippen molar-refractivity contribution in [2.75, 3.05) is 6.61 Å². The molecule has 0 radical (unpaired) electrons. The highest BCUT2D eigenvalue weighted by Crippen LogP contribution is 2.35. The minimum absolute atomic E-state index is 0.0800. The van der Waals surface area contributed by atoms with Crippen LogP contribution in [0.2, 0.25) is 0 Å². The zero-order chi connectivity index (χ0) is 21.0. The Morgan fingerprint density at radius 3 is 2.72 bits per heavy atom. The number of benzene rings is 2. The molecule has 1 aliphatic heterocycles. The average molecular weight is 404 g/mol. The number of halogens is 2. The number of carbonyl (C=O) groups is 1. The van der Waals surface area contributed by atoms with Gasteiger partial charge in [0, 0.05) is 23.3 Å². The summed E-state index contributed by atoms with van der Waals surface area (Å²) < 4.78 is 40.6. The first-order valence-electron chi connectivity index (χ1n) is 8.37. The molecule has 1 heterocycles. The minimum atomic E-state index is -3.10. The van der Waals surface area contributed by atoms with E-state index in [1.54, 1.807) is 13.0 Å². The lowest BCUT2D eigenvalue weighted by molar-refractivity contribution is -0.384. The molecule has 8 nitrogen and oxygen atoms in total. The molecule has 0 saturated carbocycles. The number of esters is 1. The van der Waals surface area contributed by atoms with Gasteiger partial charge in [0.15, 0.2) is 17.2 Å². The number of carbonyl (C=O) groups excluding carboxylic acids is 1. The Hall–Kier alpha value is -3.82. The van der Waals surface area contributed by atoms with E-state index in [1.807, 2.05) is 0 Å². The predicted octanol–water partition coefficient (Wildman–Crippen LogP) is 3.94. The third-order valence-corrected chi connectivity index (χ3v) is 3.73. The summed E-state index contributed by atoms with van der Waals surface area (Å²) in [4.78, 5) is 26.5. The van der Waals surface area contributed by atoms with Crippen molar-refractivity contribution in [2.24, 2.45) is 4.99 Å². The van der Waals surface area contributed by atoms with Gasteiger partial charge in [0.05, 0.1) is 11.5 Å². The van der Waals surface area contributed by atoms with Crippen molar-refractivity contribution in [2.45, 2.75) is 13.5 Å². The van der Waals surface area contributed by atoms with E-state index in [-0.39, 0.29) is 46.5 Å². The van der Waals surface area contributed by atoms with E-state index < -0.39 is 17.5 Å². The Balaban J connectivity index is 2.00. The molecular weight excluding hydrogens is 390 g/mol. The molecule has 10 heteroatoms. The van der Waals surface area contributed by atoms with Gasteiger partial charge in [0.1, 0.15) is 0 Å². The number of hydrogen-bond acceptors (Lipinski definition) is 7. The Labute approximate surface area is 163 Å². The maximum absolute atomic E-state index is 12.8. The van der Waals surface area contributed by atoms with E-state index in [4.69, 9.17) is 9.47 Å². The lowest BCUT2D eigenvalue weighted by atomic mass is 10.1. The monoisotopic (exact) mass is 404 g/mol. The Morgan fingerprint density at radius 1 is 1.28 bits per heavy atom. The number of alkyl halides is 2. The van der Waals surface area contributed by atoms with E-state index in [9.17, 15) is 23.7 Å². The summed E-state index contributed by atoms with van der Waals surface area (Å²) in [5.41, 5.74) is -0.0229. The van der Waals surface area contributed by atoms with Crippen LogP contribution in [0.3, 0.4) is 0 Å². The van der Waals surface area contributed by atoms with E-state index >= 15 is 0 Å². The van der Waals surface area contributed by atoms with Gasteiger partial charge in [-0.05, 0) is 25.1 Å². The van der Waals surface area contributed by atoms with Crippen LogP contribution in [-0.4, -0.2) is 30.0 Å². The molecule has 150 valence electrons. The molecule has 0 N–H and O–H groups in total. The van der Waals surface area contributed by atoms with E-state index in [0.29, 0.717) is 0 Å². The molecule has 0 aromatic heterocycles. The van der Waals surface area contributed by atoms with Crippen LogP contribution in [-0.2, 0) is 9.53 Å². The number of nitro benzene ring substituents is 1. The molecule has 2 aromatic carbocycles. The van der Waals surface area contributed by atoms with Crippen molar-refractivity contribution in [3.05, 3.63) is 69.4 Å². The molecule has 0 bridgehead atoms. The highest BCUT2D eigenvalue weighted by molar-refractivity contribution is 6.13. The average Bonchev–Trinajstić information content (AvgIpc) is 3.05. The van der Waals surface area contributed by atoms with Gasteiger partial charge in [-0.1, -0.05) is 18.2 Å². The first-order valence-corrected chi connectivity index (χ1v) is 8.37. The molecule has 3 rings (SSSR count). The fourth-order valence-electron chi connectivity index (χ4n) is 2.56. The van der Waals surface area contributed by atoms with E-state index in [2.05, 4.69) is 9.73 Å². The van der Waals surface area contributed by atoms with Crippen molar-refractivity contribution < 1.29 is 32.7 Å². The van der Waals surface area contributed by atoms with Crippen LogP contribution < -0.4 is 9.47 Å². The third-order valence-electron chi connectivity index (χ3n) is 3.73. The van der Waals surface area contributed by atoms with Gasteiger partial charge < -0.3 is 14.2 Å². The number of hydrogen-bond donors (Lipinski definition) is 0. The summed E-state index contributed by atoms with van der Waals surface area (Å²) in [6, 6.07) is 9.84. The molecule has 2 aromatic rings.